The van der Waals surface area contributed by atoms with E-state index < -0.39 is 11.7 Å². The van der Waals surface area contributed by atoms with Crippen molar-refractivity contribution >= 4 is 11.5 Å². The molecule has 1 aliphatic heterocycles. The molecule has 3 unspecified atom stereocenters. The lowest BCUT2D eigenvalue weighted by Crippen LogP contribution is -2.57. The highest BCUT2D eigenvalue weighted by molar-refractivity contribution is 5.86. The Balaban J connectivity index is 1.91. The monoisotopic (exact) mass is 342 g/mol. The molecule has 0 radical (unpaired) electrons. The van der Waals surface area contributed by atoms with E-state index in [9.17, 15) is 4.79 Å². The van der Waals surface area contributed by atoms with Gasteiger partial charge < -0.3 is 5.73 Å². The number of aryl methyl sites for hydroxylation is 1. The van der Waals surface area contributed by atoms with Crippen molar-refractivity contribution in [2.24, 2.45) is 21.9 Å². The molecule has 0 aromatic heterocycles. The second-order valence-electron chi connectivity index (χ2n) is 7.66. The Labute approximate surface area is 150 Å². The number of nitrogens with zero attached hydrogens (tertiary/aromatic N) is 2. The van der Waals surface area contributed by atoms with Crippen LogP contribution in [0.3, 0.4) is 0 Å². The normalized spacial score (nSPS) is 24.6. The Kier molecular flexibility index (Phi) is 5.35. The van der Waals surface area contributed by atoms with Crippen LogP contribution in [0.15, 0.2) is 28.4 Å². The fourth-order valence-corrected chi connectivity index (χ4v) is 3.56. The van der Waals surface area contributed by atoms with Crippen molar-refractivity contribution in [2.75, 3.05) is 0 Å². The molecule has 0 amide bonds. The molecular weight excluding hydrogens is 312 g/mol. The van der Waals surface area contributed by atoms with Crippen molar-refractivity contribution in [3.63, 3.8) is 0 Å². The molecule has 1 aromatic carbocycles. The summed E-state index contributed by atoms with van der Waals surface area (Å²) in [4.78, 5) is 12.7. The van der Waals surface area contributed by atoms with Gasteiger partial charge in [0.25, 0.3) is 0 Å². The fraction of sp³-hybridized carbons (Fsp3) is 0.650. The summed E-state index contributed by atoms with van der Waals surface area (Å²) in [6.07, 6.45) is 5.68. The lowest BCUT2D eigenvalue weighted by molar-refractivity contribution is -0.121. The Morgan fingerprint density at radius 2 is 2.12 bits per heavy atom. The minimum Gasteiger partial charge on any atom is -0.313 e. The van der Waals surface area contributed by atoms with Crippen LogP contribution in [0.5, 0.6) is 0 Å². The largest absolute Gasteiger partial charge is 0.313 e. The van der Waals surface area contributed by atoms with Crippen LogP contribution in [-0.2, 0) is 11.2 Å². The van der Waals surface area contributed by atoms with Crippen molar-refractivity contribution in [3.8, 4) is 0 Å². The number of carbonyl (C=O) groups is 1. The molecule has 5 nitrogen and oxygen atoms in total. The van der Waals surface area contributed by atoms with E-state index in [1.165, 1.54) is 5.56 Å². The molecule has 3 rings (SSSR count). The molecule has 136 valence electrons. The number of nitrogens with one attached hydrogen (secondary N) is 1. The highest BCUT2D eigenvalue weighted by Crippen LogP contribution is 2.41. The van der Waals surface area contributed by atoms with Gasteiger partial charge in [-0.05, 0) is 55.7 Å². The maximum absolute atomic E-state index is 12.7. The number of fused-ring (bicyclic) bond motifs is 1. The van der Waals surface area contributed by atoms with Crippen LogP contribution in [-0.4, -0.2) is 17.5 Å². The molecule has 3 N–H and O–H groups in total. The van der Waals surface area contributed by atoms with Gasteiger partial charge in [0.05, 0.1) is 17.4 Å². The molecular formula is C20H30N4O. The minimum atomic E-state index is -0.485. The Morgan fingerprint density at radius 3 is 2.76 bits per heavy atom. The molecule has 1 saturated carbocycles. The van der Waals surface area contributed by atoms with E-state index in [1.54, 1.807) is 0 Å². The molecule has 25 heavy (non-hydrogen) atoms. The van der Waals surface area contributed by atoms with E-state index in [4.69, 9.17) is 5.73 Å². The van der Waals surface area contributed by atoms with Gasteiger partial charge in [0.15, 0.2) is 5.78 Å². The van der Waals surface area contributed by atoms with Crippen LogP contribution in [0.1, 0.15) is 70.0 Å². The molecule has 0 bridgehead atoms. The zero-order chi connectivity index (χ0) is 18.0. The maximum Gasteiger partial charge on any atom is 0.161 e. The summed E-state index contributed by atoms with van der Waals surface area (Å²) in [5, 5.41) is 12.3. The van der Waals surface area contributed by atoms with E-state index in [0.29, 0.717) is 12.3 Å². The predicted octanol–water partition coefficient (Wildman–Crippen LogP) is 4.19. The standard InChI is InChI=1S/C20H30N4O/c1-4-6-7-17(25)19-18(22-20(3,21)14-9-10-14)15-11-8-13(5-2)12-16(15)23-24-19/h8,11-12,14,18-19,22H,4-7,9-10,21H2,1-3H3. The summed E-state index contributed by atoms with van der Waals surface area (Å²) in [5.74, 6) is 0.621. The summed E-state index contributed by atoms with van der Waals surface area (Å²) < 4.78 is 0. The smallest absolute Gasteiger partial charge is 0.161 e. The lowest BCUT2D eigenvalue weighted by atomic mass is 9.89. The zero-order valence-electron chi connectivity index (χ0n) is 15.6. The highest BCUT2D eigenvalue weighted by Gasteiger charge is 2.43. The van der Waals surface area contributed by atoms with Crippen molar-refractivity contribution in [3.05, 3.63) is 29.3 Å². The number of azo groups is 1. The van der Waals surface area contributed by atoms with E-state index in [0.717, 1.165) is 43.4 Å². The van der Waals surface area contributed by atoms with Gasteiger partial charge in [-0.3, -0.25) is 10.1 Å². The number of benzene rings is 1. The third-order valence-corrected chi connectivity index (χ3v) is 5.44. The molecule has 1 aromatic rings. The van der Waals surface area contributed by atoms with Gasteiger partial charge in [-0.1, -0.05) is 32.4 Å². The number of Topliss-reactive ketones (excluding diaryl/α,β-unsaturated/α-hetero) is 1. The SMILES string of the molecule is CCCCC(=O)C1N=Nc2cc(CC)ccc2C1NC(C)(N)C1CC1. The summed E-state index contributed by atoms with van der Waals surface area (Å²) >= 11 is 0. The average Bonchev–Trinajstić information content (AvgIpc) is 3.44. The van der Waals surface area contributed by atoms with Gasteiger partial charge in [-0.2, -0.15) is 10.2 Å². The lowest BCUT2D eigenvalue weighted by Gasteiger charge is -2.36. The van der Waals surface area contributed by atoms with Crippen LogP contribution < -0.4 is 11.1 Å². The van der Waals surface area contributed by atoms with Crippen LogP contribution in [0.25, 0.3) is 0 Å². The first-order valence-electron chi connectivity index (χ1n) is 9.59. The molecule has 2 aliphatic rings. The number of hydrogen-bond donors (Lipinski definition) is 2. The first-order valence-corrected chi connectivity index (χ1v) is 9.59. The summed E-state index contributed by atoms with van der Waals surface area (Å²) in [6, 6.07) is 5.61. The molecule has 5 heteroatoms. The fourth-order valence-electron chi connectivity index (χ4n) is 3.56. The van der Waals surface area contributed by atoms with Gasteiger partial charge in [0.1, 0.15) is 6.04 Å². The maximum atomic E-state index is 12.7. The molecule has 0 saturated heterocycles. The molecule has 0 spiro atoms. The quantitative estimate of drug-likeness (QED) is 0.695. The second-order valence-corrected chi connectivity index (χ2v) is 7.66. The van der Waals surface area contributed by atoms with E-state index >= 15 is 0 Å². The minimum absolute atomic E-state index is 0.153. The van der Waals surface area contributed by atoms with E-state index in [-0.39, 0.29) is 11.8 Å². The van der Waals surface area contributed by atoms with Crippen molar-refractivity contribution in [1.82, 2.24) is 5.32 Å². The zero-order valence-corrected chi connectivity index (χ0v) is 15.6. The second kappa shape index (κ2) is 7.34. The number of unbranched alkanes of at least 4 members (excludes halogenated alkanes) is 1. The topological polar surface area (TPSA) is 79.8 Å². The van der Waals surface area contributed by atoms with Crippen molar-refractivity contribution in [1.29, 1.82) is 0 Å². The molecule has 1 aliphatic carbocycles. The Hall–Kier alpha value is -1.59. The van der Waals surface area contributed by atoms with Crippen molar-refractivity contribution in [2.45, 2.75) is 77.0 Å². The number of hydrogen-bond acceptors (Lipinski definition) is 5. The third kappa shape index (κ3) is 3.98. The highest BCUT2D eigenvalue weighted by atomic mass is 16.1. The van der Waals surface area contributed by atoms with Gasteiger partial charge in [0.2, 0.25) is 0 Å². The average molecular weight is 342 g/mol. The molecule has 3 atom stereocenters. The number of rotatable bonds is 8. The number of nitrogens with two attached hydrogens (primary N) is 1. The Bertz CT molecular complexity index is 664. The van der Waals surface area contributed by atoms with Gasteiger partial charge in [-0.15, -0.1) is 0 Å². The van der Waals surface area contributed by atoms with Crippen LogP contribution >= 0.6 is 0 Å². The Morgan fingerprint density at radius 1 is 1.36 bits per heavy atom. The van der Waals surface area contributed by atoms with E-state index in [2.05, 4.69) is 47.6 Å². The van der Waals surface area contributed by atoms with Gasteiger partial charge >= 0.3 is 0 Å². The van der Waals surface area contributed by atoms with Gasteiger partial charge in [0, 0.05) is 6.42 Å². The van der Waals surface area contributed by atoms with E-state index in [1.807, 2.05) is 6.92 Å². The molecule has 1 fully saturated rings. The number of ketones is 1. The van der Waals surface area contributed by atoms with Crippen LogP contribution in [0.4, 0.5) is 5.69 Å². The molecule has 1 heterocycles. The third-order valence-electron chi connectivity index (χ3n) is 5.44. The predicted molar refractivity (Wildman–Crippen MR) is 99.8 cm³/mol. The summed E-state index contributed by atoms with van der Waals surface area (Å²) in [7, 11) is 0. The van der Waals surface area contributed by atoms with Gasteiger partial charge in [-0.25, -0.2) is 0 Å². The summed E-state index contributed by atoms with van der Waals surface area (Å²) in [6.45, 7) is 6.25. The number of carbonyl (C=O) groups excluding carboxylic acids is 1. The van der Waals surface area contributed by atoms with Crippen LogP contribution in [0.2, 0.25) is 0 Å². The van der Waals surface area contributed by atoms with Crippen molar-refractivity contribution < 1.29 is 4.79 Å². The first kappa shape index (κ1) is 18.2. The van der Waals surface area contributed by atoms with Crippen LogP contribution in [0, 0.1) is 5.92 Å². The summed E-state index contributed by atoms with van der Waals surface area (Å²) in [5.41, 5.74) is 9.18. The first-order chi connectivity index (χ1) is 12.0.